The molecule has 3 rings (SSSR count). The fourth-order valence-electron chi connectivity index (χ4n) is 2.17. The van der Waals surface area contributed by atoms with Gasteiger partial charge in [0.15, 0.2) is 11.2 Å². The Kier molecular flexibility index (Phi) is 2.23. The Morgan fingerprint density at radius 3 is 2.65 bits per heavy atom. The number of nitrogens with one attached hydrogen (secondary N) is 1. The minimum Gasteiger partial charge on any atom is -0.338 e. The average molecular weight is 247 g/mol. The van der Waals surface area contributed by atoms with Crippen molar-refractivity contribution < 1.29 is 17.7 Å². The molecule has 4 nitrogen and oxygen atoms in total. The van der Waals surface area contributed by atoms with Crippen molar-refractivity contribution in [2.75, 3.05) is 13.1 Å². The lowest BCUT2D eigenvalue weighted by atomic mass is 9.86. The van der Waals surface area contributed by atoms with E-state index in [0.29, 0.717) is 12.4 Å². The summed E-state index contributed by atoms with van der Waals surface area (Å²) >= 11 is 0. The van der Waals surface area contributed by atoms with Crippen LogP contribution in [0.1, 0.15) is 36.9 Å². The van der Waals surface area contributed by atoms with Gasteiger partial charge in [0.1, 0.15) is 0 Å². The highest BCUT2D eigenvalue weighted by molar-refractivity contribution is 5.16. The molecule has 1 saturated carbocycles. The Balaban J connectivity index is 1.97. The van der Waals surface area contributed by atoms with Crippen LogP contribution in [0.5, 0.6) is 0 Å². The molecule has 1 aromatic rings. The number of rotatable bonds is 2. The first-order valence-corrected chi connectivity index (χ1v) is 5.64. The highest BCUT2D eigenvalue weighted by atomic mass is 19.4. The zero-order chi connectivity index (χ0) is 12.1. The molecule has 1 saturated heterocycles. The van der Waals surface area contributed by atoms with Gasteiger partial charge in [-0.15, -0.1) is 0 Å². The summed E-state index contributed by atoms with van der Waals surface area (Å²) in [5.74, 6) is 0.347. The quantitative estimate of drug-likeness (QED) is 0.864. The zero-order valence-corrected chi connectivity index (χ0v) is 9.05. The summed E-state index contributed by atoms with van der Waals surface area (Å²) in [7, 11) is 0. The van der Waals surface area contributed by atoms with E-state index in [2.05, 4.69) is 15.5 Å². The molecule has 0 aromatic carbocycles. The van der Waals surface area contributed by atoms with E-state index >= 15 is 0 Å². The van der Waals surface area contributed by atoms with Crippen molar-refractivity contribution in [3.05, 3.63) is 11.7 Å². The molecule has 2 fully saturated rings. The van der Waals surface area contributed by atoms with Crippen molar-refractivity contribution in [2.24, 2.45) is 0 Å². The first-order valence-electron chi connectivity index (χ1n) is 5.64. The number of nitrogens with zero attached hydrogens (tertiary/aromatic N) is 2. The van der Waals surface area contributed by atoms with E-state index in [4.69, 9.17) is 4.52 Å². The summed E-state index contributed by atoms with van der Waals surface area (Å²) in [4.78, 5) is 3.96. The topological polar surface area (TPSA) is 51.0 Å². The van der Waals surface area contributed by atoms with Crippen LogP contribution in [0, 0.1) is 0 Å². The number of alkyl halides is 3. The molecule has 0 radical (unpaired) electrons. The molecule has 2 heterocycles. The molecule has 0 unspecified atom stereocenters. The van der Waals surface area contributed by atoms with Crippen LogP contribution in [0.4, 0.5) is 13.2 Å². The SMILES string of the molecule is FC(F)(F)[C@@]1(c2nc(C3CC3)no2)CCNC1. The van der Waals surface area contributed by atoms with E-state index in [1.54, 1.807) is 0 Å². The average Bonchev–Trinajstić information content (AvgIpc) is 2.82. The van der Waals surface area contributed by atoms with Gasteiger partial charge in [-0.3, -0.25) is 0 Å². The summed E-state index contributed by atoms with van der Waals surface area (Å²) in [6, 6.07) is 0. The normalized spacial score (nSPS) is 29.8. The van der Waals surface area contributed by atoms with Crippen molar-refractivity contribution in [1.82, 2.24) is 15.5 Å². The molecular formula is C10H12F3N3O. The number of aromatic nitrogens is 2. The lowest BCUT2D eigenvalue weighted by molar-refractivity contribution is -0.191. The molecule has 0 spiro atoms. The van der Waals surface area contributed by atoms with E-state index in [1.165, 1.54) is 0 Å². The molecule has 1 aliphatic heterocycles. The van der Waals surface area contributed by atoms with Crippen LogP contribution in [-0.2, 0) is 5.41 Å². The molecule has 1 aliphatic carbocycles. The lowest BCUT2D eigenvalue weighted by Crippen LogP contribution is -2.44. The third-order valence-corrected chi connectivity index (χ3v) is 3.49. The second kappa shape index (κ2) is 3.44. The van der Waals surface area contributed by atoms with Gasteiger partial charge < -0.3 is 9.84 Å². The second-order valence-corrected chi connectivity index (χ2v) is 4.74. The predicted molar refractivity (Wildman–Crippen MR) is 51.5 cm³/mol. The molecule has 2 aliphatic rings. The highest BCUT2D eigenvalue weighted by Crippen LogP contribution is 2.46. The Labute approximate surface area is 95.6 Å². The number of hydrogen-bond donors (Lipinski definition) is 1. The third-order valence-electron chi connectivity index (χ3n) is 3.49. The number of hydrogen-bond acceptors (Lipinski definition) is 4. The highest BCUT2D eigenvalue weighted by Gasteiger charge is 2.61. The van der Waals surface area contributed by atoms with E-state index in [-0.39, 0.29) is 24.8 Å². The van der Waals surface area contributed by atoms with Crippen LogP contribution in [-0.4, -0.2) is 29.4 Å². The summed E-state index contributed by atoms with van der Waals surface area (Å²) in [5.41, 5.74) is -1.99. The first-order chi connectivity index (χ1) is 8.03. The van der Waals surface area contributed by atoms with Crippen molar-refractivity contribution >= 4 is 0 Å². The van der Waals surface area contributed by atoms with Crippen molar-refractivity contribution in [1.29, 1.82) is 0 Å². The Hall–Kier alpha value is -1.11. The molecular weight excluding hydrogens is 235 g/mol. The maximum absolute atomic E-state index is 13.2. The maximum atomic E-state index is 13.2. The first kappa shape index (κ1) is 11.0. The second-order valence-electron chi connectivity index (χ2n) is 4.74. The predicted octanol–water partition coefficient (Wildman–Crippen LogP) is 1.74. The fourth-order valence-corrected chi connectivity index (χ4v) is 2.17. The lowest BCUT2D eigenvalue weighted by Gasteiger charge is -2.26. The molecule has 7 heteroatoms. The van der Waals surface area contributed by atoms with Crippen molar-refractivity contribution in [3.63, 3.8) is 0 Å². The van der Waals surface area contributed by atoms with Crippen LogP contribution in [0.3, 0.4) is 0 Å². The van der Waals surface area contributed by atoms with Gasteiger partial charge in [0, 0.05) is 12.5 Å². The van der Waals surface area contributed by atoms with Gasteiger partial charge in [-0.1, -0.05) is 5.16 Å². The smallest absolute Gasteiger partial charge is 0.338 e. The molecule has 0 amide bonds. The van der Waals surface area contributed by atoms with E-state index in [1.807, 2.05) is 0 Å². The summed E-state index contributed by atoms with van der Waals surface area (Å²) in [6.07, 6.45) is -2.51. The van der Waals surface area contributed by atoms with Gasteiger partial charge in [0.25, 0.3) is 0 Å². The summed E-state index contributed by atoms with van der Waals surface area (Å²) < 4.78 is 44.3. The van der Waals surface area contributed by atoms with Crippen LogP contribution >= 0.6 is 0 Å². The van der Waals surface area contributed by atoms with E-state index < -0.39 is 11.6 Å². The van der Waals surface area contributed by atoms with Crippen molar-refractivity contribution in [2.45, 2.75) is 36.8 Å². The maximum Gasteiger partial charge on any atom is 0.404 e. The summed E-state index contributed by atoms with van der Waals surface area (Å²) in [6.45, 7) is 0.142. The van der Waals surface area contributed by atoms with Gasteiger partial charge >= 0.3 is 6.18 Å². The fraction of sp³-hybridized carbons (Fsp3) is 0.800. The zero-order valence-electron chi connectivity index (χ0n) is 9.05. The minimum absolute atomic E-state index is 0.0389. The standard InChI is InChI=1S/C10H12F3N3O/c11-10(12,13)9(3-4-14-5-9)8-15-7(16-17-8)6-1-2-6/h6,14H,1-5H2/t9-/m0/s1. The molecule has 1 atom stereocenters. The van der Waals surface area contributed by atoms with Crippen LogP contribution in [0.2, 0.25) is 0 Å². The molecule has 0 bridgehead atoms. The third kappa shape index (κ3) is 1.64. The molecule has 1 N–H and O–H groups in total. The molecule has 17 heavy (non-hydrogen) atoms. The van der Waals surface area contributed by atoms with E-state index in [9.17, 15) is 13.2 Å². The number of halogens is 3. The Morgan fingerprint density at radius 2 is 2.12 bits per heavy atom. The van der Waals surface area contributed by atoms with Crippen molar-refractivity contribution in [3.8, 4) is 0 Å². The van der Waals surface area contributed by atoms with Gasteiger partial charge in [-0.25, -0.2) is 0 Å². The molecule has 1 aromatic heterocycles. The minimum atomic E-state index is -4.36. The Morgan fingerprint density at radius 1 is 1.35 bits per heavy atom. The van der Waals surface area contributed by atoms with E-state index in [0.717, 1.165) is 12.8 Å². The van der Waals surface area contributed by atoms with Crippen LogP contribution in [0.15, 0.2) is 4.52 Å². The van der Waals surface area contributed by atoms with Gasteiger partial charge in [0.2, 0.25) is 5.89 Å². The monoisotopic (exact) mass is 247 g/mol. The Bertz CT molecular complexity index is 419. The van der Waals surface area contributed by atoms with Crippen LogP contribution in [0.25, 0.3) is 0 Å². The van der Waals surface area contributed by atoms with Gasteiger partial charge in [0.05, 0.1) is 0 Å². The van der Waals surface area contributed by atoms with Gasteiger partial charge in [-0.2, -0.15) is 18.2 Å². The summed E-state index contributed by atoms with van der Waals surface area (Å²) in [5, 5.41) is 6.39. The van der Waals surface area contributed by atoms with Crippen LogP contribution < -0.4 is 5.32 Å². The largest absolute Gasteiger partial charge is 0.404 e. The molecule has 94 valence electrons. The van der Waals surface area contributed by atoms with Gasteiger partial charge in [-0.05, 0) is 25.8 Å².